The minimum atomic E-state index is -4.41. The van der Waals surface area contributed by atoms with Gasteiger partial charge in [0.1, 0.15) is 11.6 Å². The van der Waals surface area contributed by atoms with Crippen LogP contribution in [0.2, 0.25) is 0 Å². The maximum atomic E-state index is 16.0. The van der Waals surface area contributed by atoms with Crippen molar-refractivity contribution in [2.45, 2.75) is 76.0 Å². The van der Waals surface area contributed by atoms with E-state index in [1.165, 1.54) is 13.8 Å². The lowest BCUT2D eigenvalue weighted by Crippen LogP contribution is -2.26. The number of benzene rings is 2. The molecule has 1 aliphatic carbocycles. The summed E-state index contributed by atoms with van der Waals surface area (Å²) in [6.07, 6.45) is -18.3. The fourth-order valence-corrected chi connectivity index (χ4v) is 3.99. The number of aromatic nitrogens is 1. The van der Waals surface area contributed by atoms with Crippen LogP contribution in [0, 0.1) is 5.82 Å². The van der Waals surface area contributed by atoms with Crippen molar-refractivity contribution in [2.75, 3.05) is 6.56 Å². The minimum Gasteiger partial charge on any atom is -0.395 e. The highest BCUT2D eigenvalue weighted by Gasteiger charge is 2.52. The molecule has 0 bridgehead atoms. The van der Waals surface area contributed by atoms with Crippen LogP contribution in [0.15, 0.2) is 36.3 Å². The van der Waals surface area contributed by atoms with Crippen LogP contribution in [0.3, 0.4) is 0 Å². The number of aliphatic hydroxyl groups is 2. The van der Waals surface area contributed by atoms with E-state index in [0.717, 1.165) is 19.1 Å². The van der Waals surface area contributed by atoms with Crippen molar-refractivity contribution in [2.24, 2.45) is 0 Å². The number of hydrogen-bond donors (Lipinski definition) is 2. The first-order valence-corrected chi connectivity index (χ1v) is 10.9. The molecule has 0 unspecified atom stereocenters. The highest BCUT2D eigenvalue weighted by Crippen LogP contribution is 2.52. The zero-order valence-corrected chi connectivity index (χ0v) is 19.6. The normalized spacial score (nSPS) is 28.5. The highest BCUT2D eigenvalue weighted by molar-refractivity contribution is 5.95. The average molecular weight is 532 g/mol. The van der Waals surface area contributed by atoms with E-state index in [0.29, 0.717) is 10.6 Å². The number of halogens is 3. The van der Waals surface area contributed by atoms with E-state index in [9.17, 15) is 23.8 Å². The molecule has 37 heavy (non-hydrogen) atoms. The smallest absolute Gasteiger partial charge is 0.395 e. The van der Waals surface area contributed by atoms with Gasteiger partial charge in [0, 0.05) is 31.1 Å². The zero-order chi connectivity index (χ0) is 39.2. The largest absolute Gasteiger partial charge is 0.586 e. The van der Waals surface area contributed by atoms with Gasteiger partial charge in [-0.05, 0) is 60.5 Å². The van der Waals surface area contributed by atoms with Gasteiger partial charge in [-0.3, -0.25) is 4.79 Å². The lowest BCUT2D eigenvalue weighted by molar-refractivity contribution is -0.286. The summed E-state index contributed by atoms with van der Waals surface area (Å²) in [4.78, 5) is 14.1. The van der Waals surface area contributed by atoms with Crippen molar-refractivity contribution >= 4 is 16.7 Å². The third-order valence-corrected chi connectivity index (χ3v) is 6.27. The predicted molar refractivity (Wildman–Crippen MR) is 131 cm³/mol. The molecule has 1 saturated carbocycles. The topological polar surface area (TPSA) is 80.9 Å². The van der Waals surface area contributed by atoms with Gasteiger partial charge in [-0.1, -0.05) is 26.8 Å². The Hall–Kier alpha value is -3.04. The Bertz CT molecular complexity index is 1990. The second kappa shape index (κ2) is 8.77. The molecule has 0 saturated heterocycles. The maximum absolute atomic E-state index is 16.0. The summed E-state index contributed by atoms with van der Waals surface area (Å²) in [5, 5.41) is 20.3. The van der Waals surface area contributed by atoms with Gasteiger partial charge in [0.2, 0.25) is 0 Å². The molecule has 1 fully saturated rings. The van der Waals surface area contributed by atoms with Gasteiger partial charge in [0.05, 0.1) is 41.0 Å². The summed E-state index contributed by atoms with van der Waals surface area (Å²) >= 11 is 0. The molecule has 0 radical (unpaired) electrons. The summed E-state index contributed by atoms with van der Waals surface area (Å²) in [5.74, 6) is -5.10. The molecular weight excluding hydrogens is 487 g/mol. The highest BCUT2D eigenvalue weighted by atomic mass is 19.3. The van der Waals surface area contributed by atoms with Crippen molar-refractivity contribution < 1.29 is 56.8 Å². The molecule has 1 aliphatic heterocycles. The zero-order valence-electron chi connectivity index (χ0n) is 33.6. The molecule has 1 atom stereocenters. The Labute approximate surface area is 232 Å². The number of nitrogens with zero attached hydrogens (tertiary/aromatic N) is 1. The Morgan fingerprint density at radius 3 is 2.65 bits per heavy atom. The summed E-state index contributed by atoms with van der Waals surface area (Å²) in [7, 11) is 0. The fraction of sp³-hybridized carbons (Fsp3) is 0.464. The number of rotatable bonds is 9. The second-order valence-electron chi connectivity index (χ2n) is 8.99. The first-order valence-electron chi connectivity index (χ1n) is 17.9. The lowest BCUT2D eigenvalue weighted by atomic mass is 9.86. The van der Waals surface area contributed by atoms with Crippen molar-refractivity contribution in [3.63, 3.8) is 0 Å². The molecule has 2 heterocycles. The number of ether oxygens (including phenoxy) is 2. The molecule has 0 spiro atoms. The van der Waals surface area contributed by atoms with Gasteiger partial charge in [0.25, 0.3) is 0 Å². The van der Waals surface area contributed by atoms with E-state index in [1.54, 1.807) is 0 Å². The quantitative estimate of drug-likeness (QED) is 0.407. The number of hydrogen-bond acceptors (Lipinski definition) is 5. The molecule has 2 N–H and O–H groups in total. The first kappa shape index (κ1) is 13.7. The number of alkyl halides is 2. The second-order valence-corrected chi connectivity index (χ2v) is 8.99. The van der Waals surface area contributed by atoms with Crippen molar-refractivity contribution in [1.29, 1.82) is 0 Å². The van der Waals surface area contributed by atoms with Gasteiger partial charge < -0.3 is 24.3 Å². The van der Waals surface area contributed by atoms with Gasteiger partial charge in [-0.2, -0.15) is 0 Å². The standard InChI is InChI=1S/C28H30F3NO5/c1-4-26(2,3)24-10-17-9-16(20(29)13-21(17)32(24)14-19(34)15-33)11-25(35)27(7-8-27)18-5-6-22-23(12-18)37-28(30,31)36-22/h5-6,9-10,12-13,19,33-34H,4,7-8,11,14-15H2,1-3H3/t19-/m0/s1/i4D2,5D,6D,7D2,8D2,12D,14D2,15D2,19D. The Balaban J connectivity index is 1.73. The van der Waals surface area contributed by atoms with Crippen LogP contribution in [0.5, 0.6) is 11.5 Å². The van der Waals surface area contributed by atoms with Gasteiger partial charge >= 0.3 is 6.29 Å². The molecule has 5 rings (SSSR count). The van der Waals surface area contributed by atoms with Crippen LogP contribution in [0.25, 0.3) is 10.9 Å². The minimum absolute atomic E-state index is 0.207. The van der Waals surface area contributed by atoms with Crippen molar-refractivity contribution in [3.8, 4) is 11.5 Å². The molecule has 2 aliphatic rings. The van der Waals surface area contributed by atoms with Crippen LogP contribution >= 0.6 is 0 Å². The molecule has 1 aromatic heterocycles. The van der Waals surface area contributed by atoms with E-state index < -0.39 is 120 Å². The Morgan fingerprint density at radius 2 is 2.00 bits per heavy atom. The van der Waals surface area contributed by atoms with Gasteiger partial charge in [-0.25, -0.2) is 4.39 Å². The summed E-state index contributed by atoms with van der Waals surface area (Å²) in [6, 6.07) is -1.06. The van der Waals surface area contributed by atoms with E-state index in [2.05, 4.69) is 9.47 Å². The average Bonchev–Trinajstić information content (AvgIpc) is 3.30. The monoisotopic (exact) mass is 531 g/mol. The molecule has 9 heteroatoms. The van der Waals surface area contributed by atoms with Crippen molar-refractivity contribution in [3.05, 3.63) is 59.0 Å². The van der Waals surface area contributed by atoms with Crippen LogP contribution in [-0.2, 0) is 28.5 Å². The van der Waals surface area contributed by atoms with Crippen LogP contribution in [0.1, 0.15) is 75.9 Å². The van der Waals surface area contributed by atoms with E-state index in [1.807, 2.05) is 0 Å². The summed E-state index contributed by atoms with van der Waals surface area (Å²) in [6.45, 7) is -3.92. The van der Waals surface area contributed by atoms with Crippen LogP contribution in [0.4, 0.5) is 13.2 Å². The summed E-state index contributed by atoms with van der Waals surface area (Å²) < 4.78 is 168. The number of ketones is 1. The molecule has 0 amide bonds. The van der Waals surface area contributed by atoms with E-state index in [-0.39, 0.29) is 11.1 Å². The van der Waals surface area contributed by atoms with Gasteiger partial charge in [-0.15, -0.1) is 8.78 Å². The third-order valence-electron chi connectivity index (χ3n) is 6.27. The number of fused-ring (bicyclic) bond motifs is 2. The van der Waals surface area contributed by atoms with Gasteiger partial charge in [0.15, 0.2) is 11.5 Å². The van der Waals surface area contributed by atoms with Crippen molar-refractivity contribution in [1.82, 2.24) is 4.57 Å². The first-order chi connectivity index (χ1) is 22.7. The number of carbonyl (C=O) groups excluding carboxylic acids is 1. The van der Waals surface area contributed by atoms with Crippen LogP contribution in [-0.4, -0.2) is 39.5 Å². The lowest BCUT2D eigenvalue weighted by Gasteiger charge is -2.26. The van der Waals surface area contributed by atoms with E-state index in [4.69, 9.17) is 19.2 Å². The summed E-state index contributed by atoms with van der Waals surface area (Å²) in [5.41, 5.74) is -7.56. The molecule has 3 aromatic rings. The van der Waals surface area contributed by atoms with Crippen LogP contribution < -0.4 is 9.47 Å². The Morgan fingerprint density at radius 1 is 1.30 bits per heavy atom. The number of Topliss-reactive ketones (excluding diaryl/α,β-unsaturated/α-hetero) is 1. The maximum Gasteiger partial charge on any atom is 0.586 e. The predicted octanol–water partition coefficient (Wildman–Crippen LogP) is 4.99. The SMILES string of the molecule is [2H]c1c([2H])c(C2(C(=O)Cc3cc4cc(C(C)(C)C([2H])([2H])C)n(C([2H])([2H])[C@]([2H])(O)C([2H])([2H])O)c4cc3F)C([2H])([2H])C2([2H])[2H])c([2H])c2c1OC(F)(F)O2. The molecule has 198 valence electrons. The number of carbonyl (C=O) groups is 1. The Kier molecular flexibility index (Phi) is 3.24. The molecule has 2 aromatic carbocycles. The fourth-order valence-electron chi connectivity index (χ4n) is 3.99. The molecular formula is C28H30F3NO5. The van der Waals surface area contributed by atoms with E-state index >= 15 is 4.39 Å². The molecule has 6 nitrogen and oxygen atoms in total. The third kappa shape index (κ3) is 4.48.